The zero-order valence-electron chi connectivity index (χ0n) is 14.0. The summed E-state index contributed by atoms with van der Waals surface area (Å²) in [6, 6.07) is 14.9. The molecule has 0 fully saturated rings. The summed E-state index contributed by atoms with van der Waals surface area (Å²) in [6.45, 7) is 0. The van der Waals surface area contributed by atoms with Crippen molar-refractivity contribution in [1.29, 1.82) is 0 Å². The fraction of sp³-hybridized carbons (Fsp3) is 0. The van der Waals surface area contributed by atoms with E-state index in [2.05, 4.69) is 15.6 Å². The third-order valence-corrected chi connectivity index (χ3v) is 4.57. The maximum atomic E-state index is 12.2. The summed E-state index contributed by atoms with van der Waals surface area (Å²) < 4.78 is 23.9. The summed E-state index contributed by atoms with van der Waals surface area (Å²) in [5, 5.41) is 13.0. The van der Waals surface area contributed by atoms with Crippen molar-refractivity contribution in [2.75, 3.05) is 5.73 Å². The highest BCUT2D eigenvalue weighted by Gasteiger charge is 2.16. The number of nitrogens with zero attached hydrogens (tertiary/aromatic N) is 3. The highest BCUT2D eigenvalue weighted by molar-refractivity contribution is 7.89. The first kappa shape index (κ1) is 18.3. The number of anilines is 1. The summed E-state index contributed by atoms with van der Waals surface area (Å²) >= 11 is 0. The lowest BCUT2D eigenvalue weighted by molar-refractivity contribution is 0.0956. The Balaban J connectivity index is 1.76. The van der Waals surface area contributed by atoms with Gasteiger partial charge in [-0.2, -0.15) is 10.2 Å². The molecule has 0 atom stereocenters. The fourth-order valence-corrected chi connectivity index (χ4v) is 2.80. The smallest absolute Gasteiger partial charge is 0.276 e. The SMILES string of the molecule is Nc1c(C(=O)NN=Cc2ccccc2)cnn1-c1ccc(S(N)(=O)=O)cc1. The molecule has 9 nitrogen and oxygen atoms in total. The number of hydrazone groups is 1. The van der Waals surface area contributed by atoms with Crippen LogP contribution in [0.15, 0.2) is 70.8 Å². The van der Waals surface area contributed by atoms with E-state index >= 15 is 0 Å². The van der Waals surface area contributed by atoms with Crippen LogP contribution in [0.4, 0.5) is 5.82 Å². The van der Waals surface area contributed by atoms with Crippen molar-refractivity contribution in [2.45, 2.75) is 4.90 Å². The van der Waals surface area contributed by atoms with Crippen LogP contribution in [0, 0.1) is 0 Å². The number of benzene rings is 2. The van der Waals surface area contributed by atoms with Gasteiger partial charge < -0.3 is 5.73 Å². The maximum Gasteiger partial charge on any atom is 0.276 e. The summed E-state index contributed by atoms with van der Waals surface area (Å²) in [6.07, 6.45) is 2.81. The highest BCUT2D eigenvalue weighted by Crippen LogP contribution is 2.18. The Bertz CT molecular complexity index is 1090. The summed E-state index contributed by atoms with van der Waals surface area (Å²) in [5.74, 6) is -0.433. The Hall–Kier alpha value is -3.50. The van der Waals surface area contributed by atoms with Crippen LogP contribution < -0.4 is 16.3 Å². The second-order valence-corrected chi connectivity index (χ2v) is 7.07. The molecule has 2 aromatic carbocycles. The summed E-state index contributed by atoms with van der Waals surface area (Å²) in [7, 11) is -3.79. The van der Waals surface area contributed by atoms with Gasteiger partial charge in [-0.25, -0.2) is 23.7 Å². The van der Waals surface area contributed by atoms with E-state index in [0.29, 0.717) is 5.69 Å². The first-order chi connectivity index (χ1) is 12.9. The molecule has 0 bridgehead atoms. The maximum absolute atomic E-state index is 12.2. The molecule has 3 rings (SSSR count). The Kier molecular flexibility index (Phi) is 5.01. The van der Waals surface area contributed by atoms with Crippen LogP contribution in [0.3, 0.4) is 0 Å². The highest BCUT2D eigenvalue weighted by atomic mass is 32.2. The minimum atomic E-state index is -3.79. The van der Waals surface area contributed by atoms with E-state index in [4.69, 9.17) is 10.9 Å². The van der Waals surface area contributed by atoms with Gasteiger partial charge >= 0.3 is 0 Å². The van der Waals surface area contributed by atoms with Gasteiger partial charge in [0.05, 0.1) is 23.0 Å². The number of rotatable bonds is 5. The Morgan fingerprint density at radius 3 is 2.41 bits per heavy atom. The molecule has 0 saturated carbocycles. The lowest BCUT2D eigenvalue weighted by Crippen LogP contribution is -2.19. The molecule has 0 aliphatic heterocycles. The minimum absolute atomic E-state index is 0.0369. The van der Waals surface area contributed by atoms with Gasteiger partial charge in [0.25, 0.3) is 5.91 Å². The van der Waals surface area contributed by atoms with Crippen molar-refractivity contribution in [2.24, 2.45) is 10.2 Å². The number of nitrogens with one attached hydrogen (secondary N) is 1. The molecular formula is C17H16N6O3S. The average Bonchev–Trinajstić information content (AvgIpc) is 3.03. The van der Waals surface area contributed by atoms with E-state index < -0.39 is 15.9 Å². The lowest BCUT2D eigenvalue weighted by Gasteiger charge is -2.06. The Labute approximate surface area is 155 Å². The molecule has 138 valence electrons. The molecule has 1 heterocycles. The molecule has 3 aromatic rings. The van der Waals surface area contributed by atoms with Gasteiger partial charge in [-0.3, -0.25) is 4.79 Å². The Morgan fingerprint density at radius 1 is 1.11 bits per heavy atom. The van der Waals surface area contributed by atoms with Gasteiger partial charge in [0, 0.05) is 0 Å². The van der Waals surface area contributed by atoms with Crippen LogP contribution in [0.25, 0.3) is 5.69 Å². The number of hydrogen-bond acceptors (Lipinski definition) is 6. The molecule has 1 aromatic heterocycles. The topological polar surface area (TPSA) is 145 Å². The number of primary sulfonamides is 1. The van der Waals surface area contributed by atoms with Crippen LogP contribution in [0.2, 0.25) is 0 Å². The molecule has 0 saturated heterocycles. The average molecular weight is 384 g/mol. The van der Waals surface area contributed by atoms with Gasteiger partial charge in [-0.15, -0.1) is 0 Å². The number of amides is 1. The summed E-state index contributed by atoms with van der Waals surface area (Å²) in [4.78, 5) is 12.2. The number of aromatic nitrogens is 2. The molecule has 0 spiro atoms. The van der Waals surface area contributed by atoms with E-state index in [9.17, 15) is 13.2 Å². The molecular weight excluding hydrogens is 368 g/mol. The van der Waals surface area contributed by atoms with E-state index in [-0.39, 0.29) is 16.3 Å². The van der Waals surface area contributed by atoms with Gasteiger partial charge in [-0.05, 0) is 29.8 Å². The third kappa shape index (κ3) is 4.19. The van der Waals surface area contributed by atoms with E-state index in [1.165, 1.54) is 41.4 Å². The van der Waals surface area contributed by atoms with E-state index in [1.807, 2.05) is 30.3 Å². The monoisotopic (exact) mass is 384 g/mol. The predicted molar refractivity (Wildman–Crippen MR) is 101 cm³/mol. The summed E-state index contributed by atoms with van der Waals surface area (Å²) in [5.41, 5.74) is 9.81. The normalized spacial score (nSPS) is 11.6. The number of nitrogen functional groups attached to an aromatic ring is 1. The van der Waals surface area contributed by atoms with Crippen molar-refractivity contribution in [1.82, 2.24) is 15.2 Å². The van der Waals surface area contributed by atoms with Gasteiger partial charge in [0.2, 0.25) is 10.0 Å². The van der Waals surface area contributed by atoms with Crippen LogP contribution in [-0.2, 0) is 10.0 Å². The van der Waals surface area contributed by atoms with Crippen LogP contribution in [-0.4, -0.2) is 30.3 Å². The van der Waals surface area contributed by atoms with Gasteiger partial charge in [-0.1, -0.05) is 30.3 Å². The van der Waals surface area contributed by atoms with Gasteiger partial charge in [0.15, 0.2) is 0 Å². The van der Waals surface area contributed by atoms with Crippen molar-refractivity contribution in [3.05, 3.63) is 71.9 Å². The number of sulfonamides is 1. The van der Waals surface area contributed by atoms with E-state index in [1.54, 1.807) is 0 Å². The number of carbonyl (C=O) groups excluding carboxylic acids is 1. The third-order valence-electron chi connectivity index (χ3n) is 3.64. The number of carbonyl (C=O) groups is 1. The molecule has 27 heavy (non-hydrogen) atoms. The molecule has 5 N–H and O–H groups in total. The number of hydrogen-bond donors (Lipinski definition) is 3. The van der Waals surface area contributed by atoms with E-state index in [0.717, 1.165) is 5.56 Å². The molecule has 0 unspecified atom stereocenters. The predicted octanol–water partition coefficient (Wildman–Crippen LogP) is 0.866. The zero-order chi connectivity index (χ0) is 19.4. The molecule has 0 radical (unpaired) electrons. The standard InChI is InChI=1S/C17H16N6O3S/c18-16-15(17(24)22-20-10-12-4-2-1-3-5-12)11-21-23(16)13-6-8-14(9-7-13)27(19,25)26/h1-11H,18H2,(H,22,24)(H2,19,25,26). The van der Waals surface area contributed by atoms with Crippen molar-refractivity contribution < 1.29 is 13.2 Å². The van der Waals surface area contributed by atoms with Gasteiger partial charge in [0.1, 0.15) is 11.4 Å². The second kappa shape index (κ2) is 7.40. The largest absolute Gasteiger partial charge is 0.383 e. The van der Waals surface area contributed by atoms with Crippen LogP contribution in [0.5, 0.6) is 0 Å². The van der Waals surface area contributed by atoms with Crippen molar-refractivity contribution in [3.8, 4) is 5.69 Å². The van der Waals surface area contributed by atoms with Crippen LogP contribution in [0.1, 0.15) is 15.9 Å². The number of nitrogens with two attached hydrogens (primary N) is 2. The minimum Gasteiger partial charge on any atom is -0.383 e. The first-order valence-corrected chi connectivity index (χ1v) is 9.26. The van der Waals surface area contributed by atoms with Crippen LogP contribution >= 0.6 is 0 Å². The fourth-order valence-electron chi connectivity index (χ4n) is 2.28. The quantitative estimate of drug-likeness (QED) is 0.441. The second-order valence-electron chi connectivity index (χ2n) is 5.50. The first-order valence-electron chi connectivity index (χ1n) is 7.71. The lowest BCUT2D eigenvalue weighted by atomic mass is 10.2. The molecule has 10 heteroatoms. The molecule has 0 aliphatic rings. The van der Waals surface area contributed by atoms with Crippen molar-refractivity contribution >= 4 is 28.0 Å². The van der Waals surface area contributed by atoms with Crippen molar-refractivity contribution in [3.63, 3.8) is 0 Å². The zero-order valence-corrected chi connectivity index (χ0v) is 14.8. The molecule has 0 aliphatic carbocycles. The Morgan fingerprint density at radius 2 is 1.78 bits per heavy atom. The molecule has 1 amide bonds.